The molecule has 0 bridgehead atoms. The Bertz CT molecular complexity index is 315. The van der Waals surface area contributed by atoms with Gasteiger partial charge in [0.25, 0.3) is 0 Å². The SMILES string of the molecule is CNCCc1c(F)cc(O)cc1OC. The molecule has 14 heavy (non-hydrogen) atoms. The Morgan fingerprint density at radius 2 is 2.21 bits per heavy atom. The molecule has 0 aromatic heterocycles. The average Bonchev–Trinajstić information content (AvgIpc) is 2.15. The summed E-state index contributed by atoms with van der Waals surface area (Å²) in [5.74, 6) is -0.164. The fourth-order valence-corrected chi connectivity index (χ4v) is 1.27. The summed E-state index contributed by atoms with van der Waals surface area (Å²) in [5.41, 5.74) is 0.486. The third kappa shape index (κ3) is 2.35. The van der Waals surface area contributed by atoms with Crippen molar-refractivity contribution in [2.45, 2.75) is 6.42 Å². The van der Waals surface area contributed by atoms with E-state index < -0.39 is 5.82 Å². The van der Waals surface area contributed by atoms with E-state index in [1.54, 1.807) is 7.05 Å². The molecule has 0 heterocycles. The van der Waals surface area contributed by atoms with Crippen LogP contribution in [0.3, 0.4) is 0 Å². The monoisotopic (exact) mass is 199 g/mol. The molecule has 0 aliphatic heterocycles. The molecule has 0 atom stereocenters. The van der Waals surface area contributed by atoms with Crippen LogP contribution < -0.4 is 10.1 Å². The minimum Gasteiger partial charge on any atom is -0.508 e. The molecule has 3 nitrogen and oxygen atoms in total. The lowest BCUT2D eigenvalue weighted by atomic mass is 10.1. The molecule has 4 heteroatoms. The molecule has 0 aliphatic rings. The zero-order chi connectivity index (χ0) is 10.6. The van der Waals surface area contributed by atoms with E-state index >= 15 is 0 Å². The molecular weight excluding hydrogens is 185 g/mol. The smallest absolute Gasteiger partial charge is 0.133 e. The van der Waals surface area contributed by atoms with Gasteiger partial charge in [0.05, 0.1) is 7.11 Å². The minimum atomic E-state index is -0.433. The molecule has 1 aromatic carbocycles. The maximum absolute atomic E-state index is 13.4. The van der Waals surface area contributed by atoms with Crippen molar-refractivity contribution in [1.29, 1.82) is 0 Å². The molecule has 0 saturated carbocycles. The van der Waals surface area contributed by atoms with E-state index in [-0.39, 0.29) is 5.75 Å². The fourth-order valence-electron chi connectivity index (χ4n) is 1.27. The topological polar surface area (TPSA) is 41.5 Å². The molecule has 1 rings (SSSR count). The third-order valence-corrected chi connectivity index (χ3v) is 1.98. The van der Waals surface area contributed by atoms with Crippen molar-refractivity contribution < 1.29 is 14.2 Å². The van der Waals surface area contributed by atoms with Gasteiger partial charge in [-0.15, -0.1) is 0 Å². The van der Waals surface area contributed by atoms with E-state index in [0.717, 1.165) is 6.07 Å². The largest absolute Gasteiger partial charge is 0.508 e. The van der Waals surface area contributed by atoms with Crippen LogP contribution in [-0.4, -0.2) is 25.8 Å². The summed E-state index contributed by atoms with van der Waals surface area (Å²) in [6, 6.07) is 2.50. The first-order valence-corrected chi connectivity index (χ1v) is 4.39. The van der Waals surface area contributed by atoms with Gasteiger partial charge in [-0.25, -0.2) is 4.39 Å². The maximum atomic E-state index is 13.4. The number of phenols is 1. The fraction of sp³-hybridized carbons (Fsp3) is 0.400. The van der Waals surface area contributed by atoms with Crippen LogP contribution in [0.5, 0.6) is 11.5 Å². The maximum Gasteiger partial charge on any atom is 0.133 e. The first-order chi connectivity index (χ1) is 6.69. The zero-order valence-corrected chi connectivity index (χ0v) is 8.30. The molecule has 0 spiro atoms. The Balaban J connectivity index is 2.99. The highest BCUT2D eigenvalue weighted by Crippen LogP contribution is 2.27. The number of nitrogens with one attached hydrogen (secondary N) is 1. The van der Waals surface area contributed by atoms with Crippen LogP contribution in [-0.2, 0) is 6.42 Å². The summed E-state index contributed by atoms with van der Waals surface area (Å²) in [5, 5.41) is 12.1. The van der Waals surface area contributed by atoms with E-state index in [2.05, 4.69) is 5.32 Å². The summed E-state index contributed by atoms with van der Waals surface area (Å²) in [6.45, 7) is 0.665. The van der Waals surface area contributed by atoms with Crippen LogP contribution in [0.1, 0.15) is 5.56 Å². The molecular formula is C10H14FNO2. The number of hydrogen-bond donors (Lipinski definition) is 2. The quantitative estimate of drug-likeness (QED) is 0.768. The van der Waals surface area contributed by atoms with Crippen LogP contribution >= 0.6 is 0 Å². The summed E-state index contributed by atoms with van der Waals surface area (Å²) in [7, 11) is 3.25. The van der Waals surface area contributed by atoms with Crippen molar-refractivity contribution in [2.24, 2.45) is 0 Å². The van der Waals surface area contributed by atoms with Crippen LogP contribution in [0.15, 0.2) is 12.1 Å². The predicted octanol–water partition coefficient (Wildman–Crippen LogP) is 1.30. The molecule has 0 saturated heterocycles. The number of rotatable bonds is 4. The first kappa shape index (κ1) is 10.8. The van der Waals surface area contributed by atoms with Crippen LogP contribution in [0, 0.1) is 5.82 Å². The molecule has 0 aliphatic carbocycles. The van der Waals surface area contributed by atoms with Crippen LogP contribution in [0.2, 0.25) is 0 Å². The van der Waals surface area contributed by atoms with E-state index in [0.29, 0.717) is 24.3 Å². The first-order valence-electron chi connectivity index (χ1n) is 4.39. The van der Waals surface area contributed by atoms with Gasteiger partial charge in [-0.1, -0.05) is 0 Å². The van der Waals surface area contributed by atoms with E-state index in [1.165, 1.54) is 13.2 Å². The second-order valence-electron chi connectivity index (χ2n) is 2.96. The Morgan fingerprint density at radius 3 is 2.79 bits per heavy atom. The number of methoxy groups -OCH3 is 1. The summed E-state index contributed by atoms with van der Waals surface area (Å²) < 4.78 is 18.3. The predicted molar refractivity (Wildman–Crippen MR) is 52.2 cm³/mol. The average molecular weight is 199 g/mol. The van der Waals surface area contributed by atoms with E-state index in [9.17, 15) is 4.39 Å². The Labute approximate surface area is 82.5 Å². The van der Waals surface area contributed by atoms with Crippen molar-refractivity contribution in [2.75, 3.05) is 20.7 Å². The molecule has 0 radical (unpaired) electrons. The van der Waals surface area contributed by atoms with Gasteiger partial charge >= 0.3 is 0 Å². The lowest BCUT2D eigenvalue weighted by molar-refractivity contribution is 0.395. The molecule has 0 fully saturated rings. The van der Waals surface area contributed by atoms with Crippen molar-refractivity contribution in [3.63, 3.8) is 0 Å². The van der Waals surface area contributed by atoms with Gasteiger partial charge in [0.1, 0.15) is 17.3 Å². The molecule has 1 aromatic rings. The van der Waals surface area contributed by atoms with Gasteiger partial charge in [0, 0.05) is 17.7 Å². The Hall–Kier alpha value is -1.29. The minimum absolute atomic E-state index is 0.118. The standard InChI is InChI=1S/C10H14FNO2/c1-12-4-3-8-9(11)5-7(13)6-10(8)14-2/h5-6,12-13H,3-4H2,1-2H3. The summed E-state index contributed by atoms with van der Waals surface area (Å²) in [4.78, 5) is 0. The van der Waals surface area contributed by atoms with E-state index in [1.807, 2.05) is 0 Å². The van der Waals surface area contributed by atoms with Crippen molar-refractivity contribution in [1.82, 2.24) is 5.32 Å². The Kier molecular flexibility index (Phi) is 3.71. The normalized spacial score (nSPS) is 10.2. The lowest BCUT2D eigenvalue weighted by Gasteiger charge is -2.09. The second-order valence-corrected chi connectivity index (χ2v) is 2.96. The molecule has 2 N–H and O–H groups in total. The Morgan fingerprint density at radius 1 is 1.50 bits per heavy atom. The van der Waals surface area contributed by atoms with Gasteiger partial charge < -0.3 is 15.2 Å². The number of halogens is 1. The summed E-state index contributed by atoms with van der Waals surface area (Å²) in [6.07, 6.45) is 0.534. The van der Waals surface area contributed by atoms with Gasteiger partial charge in [-0.2, -0.15) is 0 Å². The van der Waals surface area contributed by atoms with Gasteiger partial charge in [0.2, 0.25) is 0 Å². The number of aromatic hydroxyl groups is 1. The third-order valence-electron chi connectivity index (χ3n) is 1.98. The number of phenolic OH excluding ortho intramolecular Hbond substituents is 1. The van der Waals surface area contributed by atoms with Crippen molar-refractivity contribution in [3.8, 4) is 11.5 Å². The summed E-state index contributed by atoms with van der Waals surface area (Å²) >= 11 is 0. The number of hydrogen-bond acceptors (Lipinski definition) is 3. The van der Waals surface area contributed by atoms with Crippen molar-refractivity contribution >= 4 is 0 Å². The van der Waals surface area contributed by atoms with Crippen molar-refractivity contribution in [3.05, 3.63) is 23.5 Å². The van der Waals surface area contributed by atoms with Crippen LogP contribution in [0.25, 0.3) is 0 Å². The van der Waals surface area contributed by atoms with Gasteiger partial charge in [-0.3, -0.25) is 0 Å². The highest BCUT2D eigenvalue weighted by molar-refractivity contribution is 5.41. The number of ether oxygens (including phenoxy) is 1. The highest BCUT2D eigenvalue weighted by atomic mass is 19.1. The van der Waals surface area contributed by atoms with Gasteiger partial charge in [0.15, 0.2) is 0 Å². The molecule has 0 unspecified atom stereocenters. The second kappa shape index (κ2) is 4.81. The number of likely N-dealkylation sites (N-methyl/N-ethyl adjacent to an activating group) is 1. The van der Waals surface area contributed by atoms with E-state index in [4.69, 9.17) is 9.84 Å². The number of benzene rings is 1. The highest BCUT2D eigenvalue weighted by Gasteiger charge is 2.10. The lowest BCUT2D eigenvalue weighted by Crippen LogP contribution is -2.12. The molecule has 78 valence electrons. The van der Waals surface area contributed by atoms with Crippen LogP contribution in [0.4, 0.5) is 4.39 Å². The zero-order valence-electron chi connectivity index (χ0n) is 8.30. The van der Waals surface area contributed by atoms with Gasteiger partial charge in [-0.05, 0) is 20.0 Å². The molecule has 0 amide bonds.